The van der Waals surface area contributed by atoms with E-state index < -0.39 is 23.4 Å². The van der Waals surface area contributed by atoms with Crippen molar-refractivity contribution in [3.63, 3.8) is 0 Å². The van der Waals surface area contributed by atoms with Crippen LogP contribution in [0.2, 0.25) is 0 Å². The van der Waals surface area contributed by atoms with Crippen molar-refractivity contribution in [2.24, 2.45) is 11.8 Å². The zero-order valence-corrected chi connectivity index (χ0v) is 10.2. The fourth-order valence-electron chi connectivity index (χ4n) is 2.69. The minimum atomic E-state index is -0.993. The lowest BCUT2D eigenvalue weighted by molar-refractivity contribution is -0.146. The van der Waals surface area contributed by atoms with Gasteiger partial charge in [-0.25, -0.2) is 0 Å². The first-order chi connectivity index (χ1) is 8.52. The maximum absolute atomic E-state index is 11.9. The third kappa shape index (κ3) is 2.81. The van der Waals surface area contributed by atoms with Gasteiger partial charge in [-0.2, -0.15) is 0 Å². The van der Waals surface area contributed by atoms with Gasteiger partial charge in [-0.15, -0.1) is 0 Å². The van der Waals surface area contributed by atoms with Crippen LogP contribution in [0.5, 0.6) is 0 Å². The van der Waals surface area contributed by atoms with E-state index in [9.17, 15) is 14.7 Å². The molecule has 1 heterocycles. The number of rotatable bonds is 4. The van der Waals surface area contributed by atoms with Crippen molar-refractivity contribution in [2.45, 2.75) is 31.3 Å². The molecule has 0 aromatic heterocycles. The van der Waals surface area contributed by atoms with Crippen LogP contribution >= 0.6 is 0 Å². The monoisotopic (exact) mass is 257 g/mol. The average molecular weight is 257 g/mol. The summed E-state index contributed by atoms with van der Waals surface area (Å²) in [6.07, 6.45) is 2.43. The molecular weight excluding hydrogens is 238 g/mol. The van der Waals surface area contributed by atoms with Crippen LogP contribution in [0.4, 0.5) is 0 Å². The van der Waals surface area contributed by atoms with E-state index in [1.807, 2.05) is 0 Å². The van der Waals surface area contributed by atoms with Crippen LogP contribution in [0.3, 0.4) is 0 Å². The largest absolute Gasteiger partial charge is 0.481 e. The summed E-state index contributed by atoms with van der Waals surface area (Å²) in [6, 6.07) is 0. The molecule has 3 unspecified atom stereocenters. The zero-order valence-electron chi connectivity index (χ0n) is 10.2. The van der Waals surface area contributed by atoms with Gasteiger partial charge in [-0.1, -0.05) is 6.42 Å². The summed E-state index contributed by atoms with van der Waals surface area (Å²) < 4.78 is 5.08. The number of amides is 1. The molecule has 102 valence electrons. The molecule has 0 bridgehead atoms. The Bertz CT molecular complexity index is 337. The molecular formula is C12H19NO5. The molecule has 3 atom stereocenters. The second-order valence-electron chi connectivity index (χ2n) is 5.23. The molecule has 1 aliphatic heterocycles. The van der Waals surface area contributed by atoms with Gasteiger partial charge in [-0.05, 0) is 12.8 Å². The Morgan fingerprint density at radius 1 is 1.33 bits per heavy atom. The smallest absolute Gasteiger partial charge is 0.307 e. The molecule has 18 heavy (non-hydrogen) atoms. The molecule has 0 radical (unpaired) electrons. The third-order valence-corrected chi connectivity index (χ3v) is 3.84. The Morgan fingerprint density at radius 3 is 2.67 bits per heavy atom. The number of carbonyl (C=O) groups excluding carboxylic acids is 1. The van der Waals surface area contributed by atoms with Gasteiger partial charge >= 0.3 is 5.97 Å². The van der Waals surface area contributed by atoms with E-state index in [2.05, 4.69) is 5.32 Å². The van der Waals surface area contributed by atoms with Gasteiger partial charge in [0.1, 0.15) is 5.60 Å². The summed E-state index contributed by atoms with van der Waals surface area (Å²) in [5.74, 6) is -2.22. The van der Waals surface area contributed by atoms with Crippen LogP contribution in [0.15, 0.2) is 0 Å². The van der Waals surface area contributed by atoms with Crippen molar-refractivity contribution in [1.82, 2.24) is 5.32 Å². The van der Waals surface area contributed by atoms with E-state index in [4.69, 9.17) is 9.84 Å². The predicted octanol–water partition coefficient (Wildman–Crippen LogP) is -0.245. The summed E-state index contributed by atoms with van der Waals surface area (Å²) in [4.78, 5) is 22.9. The molecule has 3 N–H and O–H groups in total. The number of carboxylic acids is 1. The number of aliphatic carboxylic acids is 1. The van der Waals surface area contributed by atoms with Gasteiger partial charge in [0.2, 0.25) is 5.91 Å². The number of hydrogen-bond donors (Lipinski definition) is 3. The summed E-state index contributed by atoms with van der Waals surface area (Å²) in [7, 11) is 0. The highest BCUT2D eigenvalue weighted by Gasteiger charge is 2.39. The minimum absolute atomic E-state index is 0.134. The number of hydrogen-bond acceptors (Lipinski definition) is 4. The molecule has 6 nitrogen and oxygen atoms in total. The van der Waals surface area contributed by atoms with Crippen LogP contribution in [0.25, 0.3) is 0 Å². The maximum atomic E-state index is 11.9. The van der Waals surface area contributed by atoms with Crippen molar-refractivity contribution >= 4 is 11.9 Å². The molecule has 1 saturated carbocycles. The van der Waals surface area contributed by atoms with E-state index in [0.29, 0.717) is 25.9 Å². The standard InChI is InChI=1S/C12H19NO5/c14-10(8-2-1-3-9(8)11(15)16)13-6-12(17)4-5-18-7-12/h8-9,17H,1-7H2,(H,13,14)(H,15,16). The first-order valence-electron chi connectivity index (χ1n) is 6.32. The average Bonchev–Trinajstić information content (AvgIpc) is 2.95. The molecule has 1 amide bonds. The van der Waals surface area contributed by atoms with Gasteiger partial charge < -0.3 is 20.3 Å². The van der Waals surface area contributed by atoms with E-state index in [-0.39, 0.29) is 19.1 Å². The summed E-state index contributed by atoms with van der Waals surface area (Å²) in [5, 5.41) is 21.7. The van der Waals surface area contributed by atoms with Crippen molar-refractivity contribution in [2.75, 3.05) is 19.8 Å². The Balaban J connectivity index is 1.86. The second kappa shape index (κ2) is 5.24. The molecule has 2 rings (SSSR count). The molecule has 6 heteroatoms. The van der Waals surface area contributed by atoms with Crippen LogP contribution < -0.4 is 5.32 Å². The highest BCUT2D eigenvalue weighted by molar-refractivity contribution is 5.85. The van der Waals surface area contributed by atoms with E-state index in [1.165, 1.54) is 0 Å². The molecule has 0 spiro atoms. The van der Waals surface area contributed by atoms with Gasteiger partial charge in [0, 0.05) is 19.6 Å². The van der Waals surface area contributed by atoms with Crippen molar-refractivity contribution in [1.29, 1.82) is 0 Å². The van der Waals surface area contributed by atoms with Crippen LogP contribution in [-0.4, -0.2) is 47.4 Å². The highest BCUT2D eigenvalue weighted by Crippen LogP contribution is 2.32. The number of carbonyl (C=O) groups is 2. The summed E-state index contributed by atoms with van der Waals surface area (Å²) in [5.41, 5.74) is -0.993. The van der Waals surface area contributed by atoms with E-state index in [1.54, 1.807) is 0 Å². The Hall–Kier alpha value is -1.14. The van der Waals surface area contributed by atoms with Gasteiger partial charge in [-0.3, -0.25) is 9.59 Å². The lowest BCUT2D eigenvalue weighted by atomic mass is 9.95. The second-order valence-corrected chi connectivity index (χ2v) is 5.23. The Morgan fingerprint density at radius 2 is 2.06 bits per heavy atom. The zero-order chi connectivity index (χ0) is 13.2. The minimum Gasteiger partial charge on any atom is -0.481 e. The van der Waals surface area contributed by atoms with E-state index >= 15 is 0 Å². The molecule has 1 saturated heterocycles. The number of carboxylic acid groups (broad SMARTS) is 1. The fourth-order valence-corrected chi connectivity index (χ4v) is 2.69. The highest BCUT2D eigenvalue weighted by atomic mass is 16.5. The Labute approximate surface area is 105 Å². The third-order valence-electron chi connectivity index (χ3n) is 3.84. The molecule has 2 aliphatic rings. The first kappa shape index (κ1) is 13.3. The topological polar surface area (TPSA) is 95.9 Å². The van der Waals surface area contributed by atoms with Gasteiger partial charge in [0.05, 0.1) is 18.4 Å². The van der Waals surface area contributed by atoms with E-state index in [0.717, 1.165) is 6.42 Å². The van der Waals surface area contributed by atoms with Gasteiger partial charge in [0.25, 0.3) is 0 Å². The van der Waals surface area contributed by atoms with Crippen molar-refractivity contribution in [3.8, 4) is 0 Å². The molecule has 1 aliphatic carbocycles. The number of ether oxygens (including phenoxy) is 1. The van der Waals surface area contributed by atoms with Gasteiger partial charge in [0.15, 0.2) is 0 Å². The number of aliphatic hydroxyl groups is 1. The Kier molecular flexibility index (Phi) is 3.87. The quantitative estimate of drug-likeness (QED) is 0.645. The molecule has 0 aromatic rings. The maximum Gasteiger partial charge on any atom is 0.307 e. The summed E-state index contributed by atoms with van der Waals surface area (Å²) >= 11 is 0. The van der Waals surface area contributed by atoms with Crippen LogP contribution in [0.1, 0.15) is 25.7 Å². The lowest BCUT2D eigenvalue weighted by Gasteiger charge is -2.23. The first-order valence-corrected chi connectivity index (χ1v) is 6.32. The summed E-state index contributed by atoms with van der Waals surface area (Å²) in [6.45, 7) is 0.850. The fraction of sp³-hybridized carbons (Fsp3) is 0.833. The normalized spacial score (nSPS) is 35.6. The van der Waals surface area contributed by atoms with Crippen molar-refractivity contribution < 1.29 is 24.5 Å². The van der Waals surface area contributed by atoms with Crippen LogP contribution in [0, 0.1) is 11.8 Å². The lowest BCUT2D eigenvalue weighted by Crippen LogP contribution is -2.46. The number of nitrogens with one attached hydrogen (secondary N) is 1. The van der Waals surface area contributed by atoms with Crippen LogP contribution in [-0.2, 0) is 14.3 Å². The molecule has 0 aromatic carbocycles. The van der Waals surface area contributed by atoms with Crippen molar-refractivity contribution in [3.05, 3.63) is 0 Å². The predicted molar refractivity (Wildman–Crippen MR) is 61.9 cm³/mol. The molecule has 2 fully saturated rings. The SMILES string of the molecule is O=C(O)C1CCCC1C(=O)NCC1(O)CCOC1.